The normalized spacial score (nSPS) is 21.1. The standard InChI is InChI=1S/C49H73N17O9/c1-28(67)60-34(17-9-23-57-48(52)53)42(70)64-37-19-20-40(68)56-22-8-16-33(41(51)69)61-47(75)39(26-30-27-59-32-14-6-5-13-31(30)32)66-44(72)36(18-10-24-58-49(54)55)63-46(74)38(25-29-11-3-2-4-12-29)65-43(71)35(15-7-21-50)62-45(37)73/h2-6,11-14,27,33-39,59H,7-10,15-26,50H2,1H3,(H2,51,69)(H,56,68)(H,60,67)(H,61,75)(H,62,73)(H,63,74)(H,64,70)(H,65,71)(H,66,72)(H4,52,53,57)(H4,54,55,58)/t33-,34?,35-,36-,37-,38+,39-/m0/s1. The zero-order valence-electron chi connectivity index (χ0n) is 42.1. The van der Waals surface area contributed by atoms with Gasteiger partial charge in [-0.3, -0.25) is 54.0 Å². The molecule has 0 saturated carbocycles. The van der Waals surface area contributed by atoms with Crippen LogP contribution in [0.25, 0.3) is 10.9 Å². The molecule has 1 fully saturated rings. The van der Waals surface area contributed by atoms with Crippen molar-refractivity contribution in [2.24, 2.45) is 22.9 Å². The van der Waals surface area contributed by atoms with Crippen LogP contribution in [0.15, 0.2) is 60.8 Å². The van der Waals surface area contributed by atoms with Crippen LogP contribution in [-0.4, -0.2) is 139 Å². The maximum absolute atomic E-state index is 14.6. The van der Waals surface area contributed by atoms with Crippen LogP contribution in [0.5, 0.6) is 0 Å². The second-order valence-corrected chi connectivity index (χ2v) is 18.2. The number of carbonyl (C=O) groups is 9. The molecule has 7 atom stereocenters. The number of carbonyl (C=O) groups excluding carboxylic acids is 9. The first-order valence-electron chi connectivity index (χ1n) is 24.9. The van der Waals surface area contributed by atoms with E-state index in [4.69, 9.17) is 33.8 Å². The number of para-hydroxylation sites is 1. The number of nitrogens with one attached hydrogen (secondary N) is 13. The number of hydrogen-bond acceptors (Lipinski definition) is 12. The van der Waals surface area contributed by atoms with Crippen molar-refractivity contribution < 1.29 is 43.2 Å². The van der Waals surface area contributed by atoms with Crippen molar-refractivity contribution in [2.45, 2.75) is 126 Å². The number of fused-ring (bicyclic) bond motifs is 1. The Balaban J connectivity index is 1.76. The number of benzene rings is 2. The summed E-state index contributed by atoms with van der Waals surface area (Å²) in [5.41, 5.74) is 24.5. The molecule has 3 aromatic rings. The molecule has 1 unspecified atom stereocenters. The first-order valence-corrected chi connectivity index (χ1v) is 24.9. The average molecular weight is 1040 g/mol. The van der Waals surface area contributed by atoms with Gasteiger partial charge < -0.3 is 81.1 Å². The Morgan fingerprint density at radius 1 is 0.693 bits per heavy atom. The highest BCUT2D eigenvalue weighted by Gasteiger charge is 2.35. The Kier molecular flexibility index (Phi) is 24.2. The fraction of sp³-hybridized carbons (Fsp3) is 0.490. The highest BCUT2D eigenvalue weighted by atomic mass is 16.2. The predicted molar refractivity (Wildman–Crippen MR) is 279 cm³/mol. The topological polar surface area (TPSA) is 441 Å². The van der Waals surface area contributed by atoms with Gasteiger partial charge in [-0.2, -0.15) is 0 Å². The van der Waals surface area contributed by atoms with Crippen molar-refractivity contribution in [1.29, 1.82) is 10.8 Å². The summed E-state index contributed by atoms with van der Waals surface area (Å²) >= 11 is 0. The fourth-order valence-electron chi connectivity index (χ4n) is 8.31. The Labute approximate surface area is 434 Å². The van der Waals surface area contributed by atoms with Crippen molar-refractivity contribution in [1.82, 2.24) is 58.2 Å². The van der Waals surface area contributed by atoms with Gasteiger partial charge in [-0.1, -0.05) is 48.5 Å². The molecule has 4 rings (SSSR count). The molecule has 26 nitrogen and oxygen atoms in total. The van der Waals surface area contributed by atoms with Crippen LogP contribution in [0, 0.1) is 10.8 Å². The molecule has 26 heteroatoms. The molecule has 408 valence electrons. The summed E-state index contributed by atoms with van der Waals surface area (Å²) in [6.45, 7) is 1.60. The minimum atomic E-state index is -1.46. The molecule has 2 heterocycles. The summed E-state index contributed by atoms with van der Waals surface area (Å²) in [7, 11) is 0. The molecular formula is C49H73N17O9. The maximum atomic E-state index is 14.6. The second kappa shape index (κ2) is 30.7. The zero-order chi connectivity index (χ0) is 54.9. The lowest BCUT2D eigenvalue weighted by atomic mass is 10.0. The number of aromatic amines is 1. The van der Waals surface area contributed by atoms with Gasteiger partial charge in [0.1, 0.15) is 42.3 Å². The van der Waals surface area contributed by atoms with Crippen LogP contribution < -0.4 is 76.1 Å². The summed E-state index contributed by atoms with van der Waals surface area (Å²) in [6, 6.07) is 6.62. The Hall–Kier alpha value is -8.29. The monoisotopic (exact) mass is 1040 g/mol. The molecule has 0 spiro atoms. The van der Waals surface area contributed by atoms with Gasteiger partial charge in [-0.25, -0.2) is 0 Å². The third-order valence-electron chi connectivity index (χ3n) is 12.2. The summed E-state index contributed by atoms with van der Waals surface area (Å²) in [6.07, 6.45) is 1.60. The number of nitrogens with two attached hydrogens (primary N) is 4. The molecular weight excluding hydrogens is 971 g/mol. The van der Waals surface area contributed by atoms with Crippen molar-refractivity contribution in [3.05, 3.63) is 71.9 Å². The highest BCUT2D eigenvalue weighted by molar-refractivity contribution is 5.98. The minimum absolute atomic E-state index is 0.0124. The number of primary amides is 1. The number of amides is 9. The Morgan fingerprint density at radius 2 is 1.27 bits per heavy atom. The maximum Gasteiger partial charge on any atom is 0.243 e. The molecule has 1 aliphatic rings. The Morgan fingerprint density at radius 3 is 1.91 bits per heavy atom. The van der Waals surface area contributed by atoms with E-state index < -0.39 is 95.5 Å². The number of rotatable bonds is 19. The van der Waals surface area contributed by atoms with Gasteiger partial charge in [0.05, 0.1) is 0 Å². The van der Waals surface area contributed by atoms with Crippen molar-refractivity contribution >= 4 is 76.0 Å². The molecule has 0 radical (unpaired) electrons. The van der Waals surface area contributed by atoms with Gasteiger partial charge in [0.2, 0.25) is 53.2 Å². The van der Waals surface area contributed by atoms with Crippen LogP contribution in [-0.2, 0) is 56.0 Å². The van der Waals surface area contributed by atoms with E-state index in [9.17, 15) is 43.2 Å². The van der Waals surface area contributed by atoms with E-state index in [1.807, 2.05) is 24.3 Å². The van der Waals surface area contributed by atoms with E-state index in [1.165, 1.54) is 6.92 Å². The van der Waals surface area contributed by atoms with E-state index >= 15 is 0 Å². The molecule has 1 aromatic heterocycles. The SMILES string of the molecule is CC(=O)NC(CCCNC(=N)N)C(=O)N[C@H]1CCC(=O)NCCC[C@@H](C(N)=O)NC(=O)[C@H](Cc2c[nH]c3ccccc23)NC(=O)[C@H](CCCNC(=N)N)NC(=O)[C@@H](Cc2ccccc2)NC(=O)[C@H](CCCN)NC1=O. The van der Waals surface area contributed by atoms with E-state index in [0.717, 1.165) is 10.9 Å². The molecule has 75 heavy (non-hydrogen) atoms. The smallest absolute Gasteiger partial charge is 0.243 e. The van der Waals surface area contributed by atoms with Crippen LogP contribution in [0.4, 0.5) is 0 Å². The van der Waals surface area contributed by atoms with Crippen LogP contribution >= 0.6 is 0 Å². The average Bonchev–Trinajstić information content (AvgIpc) is 3.78. The van der Waals surface area contributed by atoms with E-state index in [2.05, 4.69) is 58.2 Å². The van der Waals surface area contributed by atoms with Crippen molar-refractivity contribution in [3.63, 3.8) is 0 Å². The van der Waals surface area contributed by atoms with Gasteiger partial charge in [0.25, 0.3) is 0 Å². The van der Waals surface area contributed by atoms with Crippen LogP contribution in [0.1, 0.15) is 82.3 Å². The molecule has 0 bridgehead atoms. The summed E-state index contributed by atoms with van der Waals surface area (Å²) in [5.74, 6) is -7.53. The lowest BCUT2D eigenvalue weighted by Crippen LogP contribution is -2.60. The van der Waals surface area contributed by atoms with Gasteiger partial charge in [0.15, 0.2) is 11.9 Å². The zero-order valence-corrected chi connectivity index (χ0v) is 42.1. The Bertz CT molecular complexity index is 2470. The first kappa shape index (κ1) is 59.3. The summed E-state index contributed by atoms with van der Waals surface area (Å²) < 4.78 is 0. The second-order valence-electron chi connectivity index (χ2n) is 18.2. The number of H-pyrrole nitrogens is 1. The summed E-state index contributed by atoms with van der Waals surface area (Å²) in [5, 5.41) is 42.5. The third-order valence-corrected chi connectivity index (χ3v) is 12.2. The van der Waals surface area contributed by atoms with E-state index in [1.54, 1.807) is 36.5 Å². The lowest BCUT2D eigenvalue weighted by Gasteiger charge is -2.28. The van der Waals surface area contributed by atoms with Gasteiger partial charge in [-0.15, -0.1) is 0 Å². The molecule has 21 N–H and O–H groups in total. The van der Waals surface area contributed by atoms with Crippen LogP contribution in [0.3, 0.4) is 0 Å². The van der Waals surface area contributed by atoms with Crippen molar-refractivity contribution in [3.8, 4) is 0 Å². The van der Waals surface area contributed by atoms with Crippen LogP contribution in [0.2, 0.25) is 0 Å². The number of guanidine groups is 2. The number of aromatic nitrogens is 1. The largest absolute Gasteiger partial charge is 0.370 e. The molecule has 2 aromatic carbocycles. The van der Waals surface area contributed by atoms with E-state index in [-0.39, 0.29) is 115 Å². The molecule has 1 saturated heterocycles. The predicted octanol–water partition coefficient (Wildman–Crippen LogP) is -3.19. The third kappa shape index (κ3) is 20.6. The minimum Gasteiger partial charge on any atom is -0.370 e. The summed E-state index contributed by atoms with van der Waals surface area (Å²) in [4.78, 5) is 127. The lowest BCUT2D eigenvalue weighted by molar-refractivity contribution is -0.136. The van der Waals surface area contributed by atoms with Gasteiger partial charge >= 0.3 is 0 Å². The molecule has 9 amide bonds. The van der Waals surface area contributed by atoms with Crippen molar-refractivity contribution in [2.75, 3.05) is 26.2 Å². The van der Waals surface area contributed by atoms with E-state index in [0.29, 0.717) is 11.1 Å². The van der Waals surface area contributed by atoms with Gasteiger partial charge in [-0.05, 0) is 81.5 Å². The quantitative estimate of drug-likeness (QED) is 0.0320. The van der Waals surface area contributed by atoms with Gasteiger partial charge in [0, 0.05) is 62.9 Å². The number of hydrogen-bond donors (Lipinski definition) is 17. The molecule has 0 aliphatic carbocycles. The highest BCUT2D eigenvalue weighted by Crippen LogP contribution is 2.20. The fourth-order valence-corrected chi connectivity index (χ4v) is 8.31. The first-order chi connectivity index (χ1) is 35.8. The molecule has 1 aliphatic heterocycles.